The van der Waals surface area contributed by atoms with E-state index in [0.717, 1.165) is 37.1 Å². The Bertz CT molecular complexity index is 820. The highest BCUT2D eigenvalue weighted by molar-refractivity contribution is 5.93. The van der Waals surface area contributed by atoms with Gasteiger partial charge in [-0.3, -0.25) is 9.59 Å². The Balaban J connectivity index is 1.56. The van der Waals surface area contributed by atoms with Gasteiger partial charge in [-0.05, 0) is 38.2 Å². The number of aryl methyl sites for hydroxylation is 2. The van der Waals surface area contributed by atoms with E-state index in [1.807, 2.05) is 36.1 Å². The van der Waals surface area contributed by atoms with Crippen LogP contribution >= 0.6 is 0 Å². The van der Waals surface area contributed by atoms with Crippen molar-refractivity contribution in [2.24, 2.45) is 5.92 Å². The maximum atomic E-state index is 12.7. The van der Waals surface area contributed by atoms with Gasteiger partial charge in [0, 0.05) is 13.1 Å². The van der Waals surface area contributed by atoms with E-state index in [-0.39, 0.29) is 18.4 Å². The standard InChI is InChI=1S/C21H27N3O3/c1-14-7-9-24(10-8-14)21(26)20-16(3)27-19(23-20)13-22-18(25)12-17-6-4-5-15(2)11-17/h4-6,11,14H,7-10,12-13H2,1-3H3,(H,22,25). The second-order valence-corrected chi connectivity index (χ2v) is 7.43. The minimum atomic E-state index is -0.102. The number of piperidine rings is 1. The van der Waals surface area contributed by atoms with Gasteiger partial charge in [0.05, 0.1) is 13.0 Å². The number of nitrogens with zero attached hydrogens (tertiary/aromatic N) is 2. The highest BCUT2D eigenvalue weighted by atomic mass is 16.4. The van der Waals surface area contributed by atoms with Crippen molar-refractivity contribution in [3.05, 3.63) is 52.7 Å². The van der Waals surface area contributed by atoms with Gasteiger partial charge in [-0.1, -0.05) is 36.8 Å². The molecule has 1 aromatic heterocycles. The molecule has 144 valence electrons. The van der Waals surface area contributed by atoms with E-state index in [0.29, 0.717) is 29.7 Å². The number of oxazole rings is 1. The number of nitrogens with one attached hydrogen (secondary N) is 1. The Morgan fingerprint density at radius 1 is 1.26 bits per heavy atom. The van der Waals surface area contributed by atoms with Crippen LogP contribution in [0, 0.1) is 19.8 Å². The second-order valence-electron chi connectivity index (χ2n) is 7.43. The lowest BCUT2D eigenvalue weighted by atomic mass is 9.99. The number of benzene rings is 1. The Morgan fingerprint density at radius 3 is 2.70 bits per heavy atom. The highest BCUT2D eigenvalue weighted by Gasteiger charge is 2.26. The maximum Gasteiger partial charge on any atom is 0.276 e. The molecule has 6 nitrogen and oxygen atoms in total. The lowest BCUT2D eigenvalue weighted by molar-refractivity contribution is -0.120. The van der Waals surface area contributed by atoms with Crippen LogP contribution in [0.25, 0.3) is 0 Å². The molecule has 1 fully saturated rings. The quantitative estimate of drug-likeness (QED) is 0.879. The first kappa shape index (κ1) is 19.1. The van der Waals surface area contributed by atoms with Crippen LogP contribution in [0.5, 0.6) is 0 Å². The van der Waals surface area contributed by atoms with Gasteiger partial charge >= 0.3 is 0 Å². The van der Waals surface area contributed by atoms with Crippen molar-refractivity contribution in [2.45, 2.75) is 46.6 Å². The molecule has 0 radical (unpaired) electrons. The van der Waals surface area contributed by atoms with Crippen molar-refractivity contribution in [3.63, 3.8) is 0 Å². The summed E-state index contributed by atoms with van der Waals surface area (Å²) in [6.07, 6.45) is 2.34. The Morgan fingerprint density at radius 2 is 2.00 bits per heavy atom. The fraction of sp³-hybridized carbons (Fsp3) is 0.476. The van der Waals surface area contributed by atoms with Crippen molar-refractivity contribution >= 4 is 11.8 Å². The van der Waals surface area contributed by atoms with E-state index >= 15 is 0 Å². The molecule has 1 saturated heterocycles. The number of hydrogen-bond donors (Lipinski definition) is 1. The molecule has 0 bridgehead atoms. The Hall–Kier alpha value is -2.63. The number of carbonyl (C=O) groups excluding carboxylic acids is 2. The lowest BCUT2D eigenvalue weighted by Gasteiger charge is -2.29. The Kier molecular flexibility index (Phi) is 5.94. The highest BCUT2D eigenvalue weighted by Crippen LogP contribution is 2.19. The maximum absolute atomic E-state index is 12.7. The van der Waals surface area contributed by atoms with Crippen LogP contribution in [0.2, 0.25) is 0 Å². The molecule has 0 spiro atoms. The summed E-state index contributed by atoms with van der Waals surface area (Å²) in [5.41, 5.74) is 2.44. The van der Waals surface area contributed by atoms with E-state index in [1.165, 1.54) is 0 Å². The third kappa shape index (κ3) is 4.96. The number of amides is 2. The number of likely N-dealkylation sites (tertiary alicyclic amines) is 1. The molecular formula is C21H27N3O3. The van der Waals surface area contributed by atoms with Crippen molar-refractivity contribution in [3.8, 4) is 0 Å². The molecule has 3 rings (SSSR count). The molecule has 2 heterocycles. The Labute approximate surface area is 160 Å². The van der Waals surface area contributed by atoms with Crippen molar-refractivity contribution in [2.75, 3.05) is 13.1 Å². The van der Waals surface area contributed by atoms with Crippen LogP contribution in [-0.2, 0) is 17.8 Å². The largest absolute Gasteiger partial charge is 0.443 e. The summed E-state index contributed by atoms with van der Waals surface area (Å²) in [7, 11) is 0. The first-order valence-electron chi connectivity index (χ1n) is 9.50. The summed E-state index contributed by atoms with van der Waals surface area (Å²) in [6, 6.07) is 7.86. The molecule has 1 N–H and O–H groups in total. The van der Waals surface area contributed by atoms with Crippen molar-refractivity contribution in [1.82, 2.24) is 15.2 Å². The van der Waals surface area contributed by atoms with Gasteiger partial charge in [0.1, 0.15) is 5.76 Å². The minimum absolute atomic E-state index is 0.0829. The molecular weight excluding hydrogens is 342 g/mol. The molecule has 6 heteroatoms. The van der Waals surface area contributed by atoms with Gasteiger partial charge < -0.3 is 14.6 Å². The van der Waals surface area contributed by atoms with Gasteiger partial charge in [-0.25, -0.2) is 4.98 Å². The molecule has 2 amide bonds. The summed E-state index contributed by atoms with van der Waals surface area (Å²) < 4.78 is 5.59. The van der Waals surface area contributed by atoms with E-state index in [9.17, 15) is 9.59 Å². The van der Waals surface area contributed by atoms with Gasteiger partial charge in [-0.2, -0.15) is 0 Å². The lowest BCUT2D eigenvalue weighted by Crippen LogP contribution is -2.38. The molecule has 0 atom stereocenters. The smallest absolute Gasteiger partial charge is 0.276 e. The predicted molar refractivity (Wildman–Crippen MR) is 102 cm³/mol. The van der Waals surface area contributed by atoms with E-state index < -0.39 is 0 Å². The summed E-state index contributed by atoms with van der Waals surface area (Å²) in [5, 5.41) is 2.81. The first-order chi connectivity index (χ1) is 12.9. The van der Waals surface area contributed by atoms with Crippen LogP contribution in [0.3, 0.4) is 0 Å². The van der Waals surface area contributed by atoms with E-state index in [4.69, 9.17) is 4.42 Å². The minimum Gasteiger partial charge on any atom is -0.443 e. The SMILES string of the molecule is Cc1cccc(CC(=O)NCc2nc(C(=O)N3CCC(C)CC3)c(C)o2)c1. The summed E-state index contributed by atoms with van der Waals surface area (Å²) in [4.78, 5) is 31.0. The number of carbonyl (C=O) groups is 2. The normalized spacial score (nSPS) is 15.0. The number of hydrogen-bond acceptors (Lipinski definition) is 4. The van der Waals surface area contributed by atoms with Gasteiger partial charge in [0.2, 0.25) is 11.8 Å². The van der Waals surface area contributed by atoms with Gasteiger partial charge in [0.15, 0.2) is 5.69 Å². The topological polar surface area (TPSA) is 75.4 Å². The van der Waals surface area contributed by atoms with Gasteiger partial charge in [0.25, 0.3) is 5.91 Å². The molecule has 0 unspecified atom stereocenters. The molecule has 0 saturated carbocycles. The zero-order chi connectivity index (χ0) is 19.4. The molecule has 0 aliphatic carbocycles. The molecule has 2 aromatic rings. The molecule has 27 heavy (non-hydrogen) atoms. The van der Waals surface area contributed by atoms with E-state index in [1.54, 1.807) is 6.92 Å². The van der Waals surface area contributed by atoms with Crippen LogP contribution in [-0.4, -0.2) is 34.8 Å². The third-order valence-corrected chi connectivity index (χ3v) is 5.00. The number of rotatable bonds is 5. The monoisotopic (exact) mass is 369 g/mol. The van der Waals surface area contributed by atoms with Crippen LogP contribution in [0.1, 0.15) is 53.0 Å². The fourth-order valence-electron chi connectivity index (χ4n) is 3.33. The summed E-state index contributed by atoms with van der Waals surface area (Å²) in [5.74, 6) is 1.34. The first-order valence-corrected chi connectivity index (χ1v) is 9.50. The van der Waals surface area contributed by atoms with Crippen molar-refractivity contribution in [1.29, 1.82) is 0 Å². The molecule has 1 aromatic carbocycles. The van der Waals surface area contributed by atoms with Crippen LogP contribution < -0.4 is 5.32 Å². The molecule has 1 aliphatic rings. The fourth-order valence-corrected chi connectivity index (χ4v) is 3.33. The zero-order valence-electron chi connectivity index (χ0n) is 16.2. The predicted octanol–water partition coefficient (Wildman–Crippen LogP) is 3.02. The van der Waals surface area contributed by atoms with Crippen LogP contribution in [0.15, 0.2) is 28.7 Å². The third-order valence-electron chi connectivity index (χ3n) is 5.00. The van der Waals surface area contributed by atoms with Crippen LogP contribution in [0.4, 0.5) is 0 Å². The molecule has 1 aliphatic heterocycles. The average Bonchev–Trinajstić information content (AvgIpc) is 3.01. The number of aromatic nitrogens is 1. The summed E-state index contributed by atoms with van der Waals surface area (Å²) >= 11 is 0. The average molecular weight is 369 g/mol. The zero-order valence-corrected chi connectivity index (χ0v) is 16.2. The second kappa shape index (κ2) is 8.37. The van der Waals surface area contributed by atoms with Crippen molar-refractivity contribution < 1.29 is 14.0 Å². The van der Waals surface area contributed by atoms with Gasteiger partial charge in [-0.15, -0.1) is 0 Å². The van der Waals surface area contributed by atoms with E-state index in [2.05, 4.69) is 17.2 Å². The summed E-state index contributed by atoms with van der Waals surface area (Å²) in [6.45, 7) is 7.64.